The second-order valence-corrected chi connectivity index (χ2v) is 1.97. The summed E-state index contributed by atoms with van der Waals surface area (Å²) in [6.45, 7) is 2.72. The van der Waals surface area contributed by atoms with Crippen molar-refractivity contribution >= 4 is 6.34 Å². The van der Waals surface area contributed by atoms with Gasteiger partial charge in [-0.25, -0.2) is 0 Å². The molecule has 0 unspecified atom stereocenters. The molecular weight excluding hydrogens is 114 g/mol. The van der Waals surface area contributed by atoms with Crippen LogP contribution < -0.4 is 0 Å². The summed E-state index contributed by atoms with van der Waals surface area (Å²) in [5.41, 5.74) is 0. The Hall–Kier alpha value is -1.04. The van der Waals surface area contributed by atoms with Crippen molar-refractivity contribution in [3.63, 3.8) is 0 Å². The second-order valence-electron chi connectivity index (χ2n) is 1.97. The monoisotopic (exact) mass is 123 g/mol. The number of rotatable bonds is 2. The summed E-state index contributed by atoms with van der Waals surface area (Å²) in [6, 6.07) is 2.09. The van der Waals surface area contributed by atoms with Crippen molar-refractivity contribution < 1.29 is 0 Å². The van der Waals surface area contributed by atoms with Gasteiger partial charge in [-0.2, -0.15) is 5.26 Å². The molecule has 0 fully saturated rings. The first-order chi connectivity index (χ1) is 4.43. The van der Waals surface area contributed by atoms with Gasteiger partial charge in [-0.05, 0) is 0 Å². The molecule has 0 aromatic rings. The fourth-order valence-corrected chi connectivity index (χ4v) is 0.780. The van der Waals surface area contributed by atoms with Crippen LogP contribution in [0.15, 0.2) is 4.99 Å². The van der Waals surface area contributed by atoms with E-state index in [1.54, 1.807) is 0 Å². The highest BCUT2D eigenvalue weighted by atomic mass is 15.2. The maximum absolute atomic E-state index is 8.21. The van der Waals surface area contributed by atoms with Gasteiger partial charge >= 0.3 is 0 Å². The van der Waals surface area contributed by atoms with E-state index in [2.05, 4.69) is 16.0 Å². The molecule has 0 atom stereocenters. The zero-order valence-electron chi connectivity index (χ0n) is 5.25. The van der Waals surface area contributed by atoms with E-state index in [0.717, 1.165) is 19.6 Å². The van der Waals surface area contributed by atoms with Gasteiger partial charge < -0.3 is 4.90 Å². The number of hydrogen-bond acceptors (Lipinski definition) is 3. The molecule has 0 aromatic heterocycles. The van der Waals surface area contributed by atoms with Gasteiger partial charge in [0.2, 0.25) is 0 Å². The molecule has 1 rings (SSSR count). The Kier molecular flexibility index (Phi) is 2.08. The van der Waals surface area contributed by atoms with E-state index in [1.165, 1.54) is 0 Å². The van der Waals surface area contributed by atoms with Crippen LogP contribution >= 0.6 is 0 Å². The van der Waals surface area contributed by atoms with Gasteiger partial charge in [0.25, 0.3) is 0 Å². The smallest absolute Gasteiger partial charge is 0.0851 e. The average Bonchev–Trinajstić information content (AvgIpc) is 2.34. The Labute approximate surface area is 54.6 Å². The molecule has 1 heterocycles. The third-order valence-electron chi connectivity index (χ3n) is 1.27. The van der Waals surface area contributed by atoms with E-state index in [9.17, 15) is 0 Å². The summed E-state index contributed by atoms with van der Waals surface area (Å²) in [5.74, 6) is 0. The van der Waals surface area contributed by atoms with Gasteiger partial charge in [0.15, 0.2) is 0 Å². The predicted molar refractivity (Wildman–Crippen MR) is 35.2 cm³/mol. The largest absolute Gasteiger partial charge is 0.360 e. The summed E-state index contributed by atoms with van der Waals surface area (Å²) in [6.07, 6.45) is 2.42. The molecule has 0 radical (unpaired) electrons. The van der Waals surface area contributed by atoms with Crippen molar-refractivity contribution in [2.75, 3.05) is 19.6 Å². The highest BCUT2D eigenvalue weighted by Crippen LogP contribution is 1.93. The van der Waals surface area contributed by atoms with Gasteiger partial charge in [-0.1, -0.05) is 0 Å². The Morgan fingerprint density at radius 1 is 1.78 bits per heavy atom. The third-order valence-corrected chi connectivity index (χ3v) is 1.27. The molecule has 0 aromatic carbocycles. The van der Waals surface area contributed by atoms with E-state index < -0.39 is 0 Å². The average molecular weight is 123 g/mol. The molecule has 1 aliphatic heterocycles. The second kappa shape index (κ2) is 3.08. The Balaban J connectivity index is 2.14. The van der Waals surface area contributed by atoms with E-state index in [-0.39, 0.29) is 0 Å². The first-order valence-corrected chi connectivity index (χ1v) is 3.04. The summed E-state index contributed by atoms with van der Waals surface area (Å²) in [5, 5.41) is 8.21. The number of nitriles is 1. The van der Waals surface area contributed by atoms with Crippen LogP contribution in [0.2, 0.25) is 0 Å². The lowest BCUT2D eigenvalue weighted by molar-refractivity contribution is 0.478. The molecule has 0 amide bonds. The minimum absolute atomic E-state index is 0.603. The molecule has 3 heteroatoms. The zero-order valence-corrected chi connectivity index (χ0v) is 5.25. The van der Waals surface area contributed by atoms with Crippen molar-refractivity contribution in [3.05, 3.63) is 0 Å². The van der Waals surface area contributed by atoms with Crippen molar-refractivity contribution in [2.45, 2.75) is 6.42 Å². The van der Waals surface area contributed by atoms with E-state index in [1.807, 2.05) is 6.34 Å². The van der Waals surface area contributed by atoms with Crippen LogP contribution in [0.4, 0.5) is 0 Å². The highest BCUT2D eigenvalue weighted by molar-refractivity contribution is 5.56. The number of aliphatic imine (C=N–C) groups is 1. The molecule has 0 aliphatic carbocycles. The Morgan fingerprint density at radius 3 is 3.22 bits per heavy atom. The standard InChI is InChI=1S/C6H9N3/c7-2-1-4-9-5-3-8-6-9/h6H,1,3-5H2. The fraction of sp³-hybridized carbons (Fsp3) is 0.667. The molecule has 9 heavy (non-hydrogen) atoms. The van der Waals surface area contributed by atoms with Gasteiger partial charge in [-0.3, -0.25) is 4.99 Å². The van der Waals surface area contributed by atoms with Crippen molar-refractivity contribution in [1.82, 2.24) is 4.90 Å². The fourth-order valence-electron chi connectivity index (χ4n) is 0.780. The number of hydrogen-bond donors (Lipinski definition) is 0. The maximum Gasteiger partial charge on any atom is 0.0851 e. The van der Waals surface area contributed by atoms with Crippen LogP contribution in [0.3, 0.4) is 0 Å². The molecule has 0 N–H and O–H groups in total. The summed E-state index contributed by atoms with van der Waals surface area (Å²) >= 11 is 0. The molecular formula is C6H9N3. The zero-order chi connectivity index (χ0) is 6.53. The minimum Gasteiger partial charge on any atom is -0.360 e. The van der Waals surface area contributed by atoms with Gasteiger partial charge in [-0.15, -0.1) is 0 Å². The van der Waals surface area contributed by atoms with Gasteiger partial charge in [0.05, 0.1) is 25.4 Å². The van der Waals surface area contributed by atoms with Crippen molar-refractivity contribution in [3.8, 4) is 6.07 Å². The van der Waals surface area contributed by atoms with Gasteiger partial charge in [0.1, 0.15) is 0 Å². The maximum atomic E-state index is 8.21. The summed E-state index contributed by atoms with van der Waals surface area (Å²) in [4.78, 5) is 6.07. The SMILES string of the molecule is N#CCCN1C=NCC1. The lowest BCUT2D eigenvalue weighted by Crippen LogP contribution is -2.20. The van der Waals surface area contributed by atoms with Crippen molar-refractivity contribution in [2.24, 2.45) is 4.99 Å². The predicted octanol–water partition coefficient (Wildman–Crippen LogP) is 0.244. The quantitative estimate of drug-likeness (QED) is 0.527. The lowest BCUT2D eigenvalue weighted by Gasteiger charge is -2.09. The first-order valence-electron chi connectivity index (χ1n) is 3.04. The minimum atomic E-state index is 0.603. The van der Waals surface area contributed by atoms with Crippen LogP contribution in [0, 0.1) is 11.3 Å². The lowest BCUT2D eigenvalue weighted by atomic mass is 10.4. The molecule has 0 bridgehead atoms. The van der Waals surface area contributed by atoms with E-state index in [0.29, 0.717) is 6.42 Å². The highest BCUT2D eigenvalue weighted by Gasteiger charge is 2.02. The van der Waals surface area contributed by atoms with E-state index >= 15 is 0 Å². The molecule has 48 valence electrons. The van der Waals surface area contributed by atoms with Crippen LogP contribution in [0.5, 0.6) is 0 Å². The topological polar surface area (TPSA) is 39.4 Å². The first kappa shape index (κ1) is 6.09. The van der Waals surface area contributed by atoms with Crippen LogP contribution in [-0.4, -0.2) is 30.9 Å². The molecule has 1 aliphatic rings. The molecule has 0 spiro atoms. The number of nitrogens with zero attached hydrogens (tertiary/aromatic N) is 3. The van der Waals surface area contributed by atoms with Crippen LogP contribution in [-0.2, 0) is 0 Å². The molecule has 3 nitrogen and oxygen atoms in total. The molecule has 0 saturated heterocycles. The van der Waals surface area contributed by atoms with Crippen molar-refractivity contribution in [1.29, 1.82) is 5.26 Å². The normalized spacial score (nSPS) is 16.1. The summed E-state index contributed by atoms with van der Waals surface area (Å²) in [7, 11) is 0. The van der Waals surface area contributed by atoms with E-state index in [4.69, 9.17) is 5.26 Å². The Bertz CT molecular complexity index is 145. The Morgan fingerprint density at radius 2 is 2.67 bits per heavy atom. The summed E-state index contributed by atoms with van der Waals surface area (Å²) < 4.78 is 0. The van der Waals surface area contributed by atoms with Crippen LogP contribution in [0.1, 0.15) is 6.42 Å². The van der Waals surface area contributed by atoms with Crippen LogP contribution in [0.25, 0.3) is 0 Å². The third kappa shape index (κ3) is 1.73. The van der Waals surface area contributed by atoms with Gasteiger partial charge in [0, 0.05) is 13.1 Å². The molecule has 0 saturated carbocycles.